The summed E-state index contributed by atoms with van der Waals surface area (Å²) >= 11 is 8.34. The van der Waals surface area contributed by atoms with E-state index < -0.39 is 10.0 Å². The summed E-state index contributed by atoms with van der Waals surface area (Å²) in [5, 5.41) is 8.20. The molecule has 8 heteroatoms. The first kappa shape index (κ1) is 15.9. The summed E-state index contributed by atoms with van der Waals surface area (Å²) in [6.45, 7) is 0. The highest BCUT2D eigenvalue weighted by atomic mass is 79.9. The van der Waals surface area contributed by atoms with Crippen molar-refractivity contribution in [3.63, 3.8) is 0 Å². The topological polar surface area (TPSA) is 98.2 Å². The quantitative estimate of drug-likeness (QED) is 0.702. The Kier molecular flexibility index (Phi) is 4.62. The molecule has 0 aliphatic rings. The molecule has 0 saturated heterocycles. The number of nitrogens with two attached hydrogens (primary N) is 2. The predicted octanol–water partition coefficient (Wildman–Crippen LogP) is 2.47. The first-order chi connectivity index (χ1) is 9.77. The van der Waals surface area contributed by atoms with Crippen LogP contribution in [0.2, 0.25) is 0 Å². The molecule has 0 aromatic heterocycles. The van der Waals surface area contributed by atoms with Gasteiger partial charge in [0.05, 0.1) is 10.6 Å². The molecule has 0 amide bonds. The van der Waals surface area contributed by atoms with Crippen LogP contribution in [0.15, 0.2) is 51.8 Å². The van der Waals surface area contributed by atoms with Crippen molar-refractivity contribution in [1.82, 2.24) is 0 Å². The van der Waals surface area contributed by atoms with Gasteiger partial charge in [0.25, 0.3) is 0 Å². The predicted molar refractivity (Wildman–Crippen MR) is 91.1 cm³/mol. The average molecular weight is 386 g/mol. The Hall–Kier alpha value is -1.48. The van der Waals surface area contributed by atoms with Crippen LogP contribution in [0.4, 0.5) is 11.4 Å². The molecule has 5 nitrogen and oxygen atoms in total. The molecule has 0 radical (unpaired) electrons. The van der Waals surface area contributed by atoms with E-state index in [4.69, 9.17) is 23.1 Å². The summed E-state index contributed by atoms with van der Waals surface area (Å²) in [4.78, 5) is 0.385. The van der Waals surface area contributed by atoms with E-state index in [2.05, 4.69) is 21.2 Å². The normalized spacial score (nSPS) is 11.1. The number of sulfonamides is 1. The van der Waals surface area contributed by atoms with Crippen molar-refractivity contribution in [2.45, 2.75) is 4.90 Å². The number of benzene rings is 2. The lowest BCUT2D eigenvalue weighted by Gasteiger charge is -2.10. The van der Waals surface area contributed by atoms with Crippen molar-refractivity contribution in [3.05, 3.63) is 52.5 Å². The highest BCUT2D eigenvalue weighted by molar-refractivity contribution is 9.10. The van der Waals surface area contributed by atoms with E-state index >= 15 is 0 Å². The van der Waals surface area contributed by atoms with Crippen LogP contribution in [0, 0.1) is 0 Å². The molecule has 0 unspecified atom stereocenters. The van der Waals surface area contributed by atoms with Gasteiger partial charge in [-0.05, 0) is 58.4 Å². The highest BCUT2D eigenvalue weighted by Crippen LogP contribution is 2.27. The second-order valence-electron chi connectivity index (χ2n) is 4.25. The molecule has 21 heavy (non-hydrogen) atoms. The van der Waals surface area contributed by atoms with Crippen molar-refractivity contribution in [2.75, 3.05) is 5.32 Å². The fourth-order valence-corrected chi connectivity index (χ4v) is 2.77. The van der Waals surface area contributed by atoms with Gasteiger partial charge in [-0.1, -0.05) is 12.2 Å². The summed E-state index contributed by atoms with van der Waals surface area (Å²) in [7, 11) is -3.68. The van der Waals surface area contributed by atoms with Crippen LogP contribution in [-0.4, -0.2) is 13.4 Å². The van der Waals surface area contributed by atoms with Gasteiger partial charge in [0, 0.05) is 15.7 Å². The molecule has 110 valence electrons. The summed E-state index contributed by atoms with van der Waals surface area (Å²) in [6.07, 6.45) is 0. The zero-order valence-corrected chi connectivity index (χ0v) is 13.9. The molecule has 0 aliphatic heterocycles. The minimum Gasteiger partial charge on any atom is -0.389 e. The second kappa shape index (κ2) is 6.10. The van der Waals surface area contributed by atoms with Crippen LogP contribution in [0.3, 0.4) is 0 Å². The molecular weight excluding hydrogens is 374 g/mol. The van der Waals surface area contributed by atoms with E-state index in [1.54, 1.807) is 18.2 Å². The largest absolute Gasteiger partial charge is 0.389 e. The highest BCUT2D eigenvalue weighted by Gasteiger charge is 2.08. The van der Waals surface area contributed by atoms with Crippen LogP contribution < -0.4 is 16.2 Å². The van der Waals surface area contributed by atoms with Crippen molar-refractivity contribution in [2.24, 2.45) is 10.9 Å². The number of halogens is 1. The molecule has 5 N–H and O–H groups in total. The lowest BCUT2D eigenvalue weighted by atomic mass is 10.2. The van der Waals surface area contributed by atoms with Gasteiger partial charge in [-0.2, -0.15) is 0 Å². The Morgan fingerprint density at radius 2 is 1.76 bits per heavy atom. The van der Waals surface area contributed by atoms with Crippen molar-refractivity contribution in [1.29, 1.82) is 0 Å². The maximum Gasteiger partial charge on any atom is 0.238 e. The number of thiocarbonyl (C=S) groups is 1. The fraction of sp³-hybridized carbons (Fsp3) is 0. The molecule has 2 rings (SSSR count). The third-order valence-corrected chi connectivity index (χ3v) is 4.54. The van der Waals surface area contributed by atoms with Gasteiger partial charge in [-0.25, -0.2) is 13.6 Å². The third kappa shape index (κ3) is 4.01. The smallest absolute Gasteiger partial charge is 0.238 e. The summed E-state index contributed by atoms with van der Waals surface area (Å²) in [6, 6.07) is 11.6. The SMILES string of the molecule is NC(=S)c1ccc(Nc2ccc(S(N)(=O)=O)cc2)c(Br)c1. The first-order valence-electron chi connectivity index (χ1n) is 5.76. The van der Waals surface area contributed by atoms with Crippen LogP contribution in [0.25, 0.3) is 0 Å². The molecule has 2 aromatic rings. The standard InChI is InChI=1S/C13H12BrN3O2S2/c14-11-7-8(13(15)20)1-6-12(11)17-9-2-4-10(5-3-9)21(16,18)19/h1-7,17H,(H2,15,20)(H2,16,18,19). The summed E-state index contributed by atoms with van der Waals surface area (Å²) < 4.78 is 23.2. The van der Waals surface area contributed by atoms with E-state index in [1.165, 1.54) is 12.1 Å². The van der Waals surface area contributed by atoms with Crippen molar-refractivity contribution >= 4 is 54.5 Å². The zero-order chi connectivity index (χ0) is 15.6. The Labute approximate surface area is 136 Å². The monoisotopic (exact) mass is 385 g/mol. The van der Waals surface area contributed by atoms with Crippen molar-refractivity contribution < 1.29 is 8.42 Å². The van der Waals surface area contributed by atoms with E-state index in [0.717, 1.165) is 21.4 Å². The van der Waals surface area contributed by atoms with Crippen LogP contribution in [0.5, 0.6) is 0 Å². The van der Waals surface area contributed by atoms with Crippen LogP contribution >= 0.6 is 28.1 Å². The van der Waals surface area contributed by atoms with Gasteiger partial charge in [0.2, 0.25) is 10.0 Å². The Balaban J connectivity index is 2.24. The number of primary sulfonamides is 1. The minimum absolute atomic E-state index is 0.0657. The molecule has 0 bridgehead atoms. The van der Waals surface area contributed by atoms with Crippen LogP contribution in [-0.2, 0) is 10.0 Å². The van der Waals surface area contributed by atoms with Gasteiger partial charge in [0.15, 0.2) is 0 Å². The Bertz CT molecular complexity index is 790. The number of nitrogens with one attached hydrogen (secondary N) is 1. The summed E-state index contributed by atoms with van der Waals surface area (Å²) in [5.74, 6) is 0. The number of anilines is 2. The molecule has 0 spiro atoms. The summed E-state index contributed by atoms with van der Waals surface area (Å²) in [5.41, 5.74) is 7.85. The molecule has 2 aromatic carbocycles. The van der Waals surface area contributed by atoms with Gasteiger partial charge in [-0.15, -0.1) is 0 Å². The number of rotatable bonds is 4. The molecule has 0 saturated carbocycles. The van der Waals surface area contributed by atoms with E-state index in [0.29, 0.717) is 4.99 Å². The number of hydrogen-bond donors (Lipinski definition) is 3. The average Bonchev–Trinajstić information content (AvgIpc) is 2.40. The maximum atomic E-state index is 11.2. The van der Waals surface area contributed by atoms with Crippen LogP contribution in [0.1, 0.15) is 5.56 Å². The molecule has 0 atom stereocenters. The first-order valence-corrected chi connectivity index (χ1v) is 8.51. The van der Waals surface area contributed by atoms with E-state index in [-0.39, 0.29) is 4.90 Å². The van der Waals surface area contributed by atoms with Gasteiger partial charge in [0.1, 0.15) is 4.99 Å². The fourth-order valence-electron chi connectivity index (χ4n) is 1.65. The van der Waals surface area contributed by atoms with E-state index in [1.807, 2.05) is 12.1 Å². The lowest BCUT2D eigenvalue weighted by Crippen LogP contribution is -2.11. The molecule has 0 aliphatic carbocycles. The third-order valence-electron chi connectivity index (χ3n) is 2.72. The molecule has 0 fully saturated rings. The Morgan fingerprint density at radius 1 is 1.14 bits per heavy atom. The second-order valence-corrected chi connectivity index (χ2v) is 7.11. The van der Waals surface area contributed by atoms with Gasteiger partial charge in [-0.3, -0.25) is 0 Å². The van der Waals surface area contributed by atoms with Gasteiger partial charge >= 0.3 is 0 Å². The zero-order valence-electron chi connectivity index (χ0n) is 10.7. The number of hydrogen-bond acceptors (Lipinski definition) is 4. The minimum atomic E-state index is -3.68. The Morgan fingerprint density at radius 3 is 2.24 bits per heavy atom. The maximum absolute atomic E-state index is 11.2. The van der Waals surface area contributed by atoms with E-state index in [9.17, 15) is 8.42 Å². The van der Waals surface area contributed by atoms with Crippen molar-refractivity contribution in [3.8, 4) is 0 Å². The molecular formula is C13H12BrN3O2S2. The van der Waals surface area contributed by atoms with Gasteiger partial charge < -0.3 is 11.1 Å². The molecule has 0 heterocycles. The lowest BCUT2D eigenvalue weighted by molar-refractivity contribution is 0.598.